The maximum Gasteiger partial charge on any atom is 0.227 e. The fraction of sp³-hybridized carbons (Fsp3) is 0.111. The van der Waals surface area contributed by atoms with E-state index in [1.54, 1.807) is 18.6 Å². The Kier molecular flexibility index (Phi) is 4.63. The molecule has 0 saturated carbocycles. The Morgan fingerprint density at radius 2 is 2.08 bits per heavy atom. The maximum absolute atomic E-state index is 8.67. The molecule has 3 rings (SSSR count). The minimum absolute atomic E-state index is 0.259. The van der Waals surface area contributed by atoms with E-state index in [1.807, 2.05) is 43.3 Å². The van der Waals surface area contributed by atoms with Gasteiger partial charge in [-0.15, -0.1) is 0 Å². The van der Waals surface area contributed by atoms with E-state index in [9.17, 15) is 0 Å². The van der Waals surface area contributed by atoms with Gasteiger partial charge in [-0.05, 0) is 42.8 Å². The van der Waals surface area contributed by atoms with E-state index in [0.29, 0.717) is 5.95 Å². The van der Waals surface area contributed by atoms with Crippen LogP contribution in [0.4, 0.5) is 17.3 Å². The fourth-order valence-electron chi connectivity index (χ4n) is 2.22. The molecule has 24 heavy (non-hydrogen) atoms. The van der Waals surface area contributed by atoms with Gasteiger partial charge in [0.1, 0.15) is 6.54 Å². The Bertz CT molecular complexity index is 870. The summed E-state index contributed by atoms with van der Waals surface area (Å²) in [7, 11) is 0. The number of anilines is 3. The molecule has 6 nitrogen and oxygen atoms in total. The molecule has 0 aliphatic carbocycles. The molecule has 2 heterocycles. The Morgan fingerprint density at radius 3 is 2.88 bits per heavy atom. The third-order valence-corrected chi connectivity index (χ3v) is 3.47. The third kappa shape index (κ3) is 3.65. The molecule has 0 unspecified atom stereocenters. The highest BCUT2D eigenvalue weighted by molar-refractivity contribution is 5.66. The van der Waals surface area contributed by atoms with Gasteiger partial charge >= 0.3 is 0 Å². The first-order chi connectivity index (χ1) is 11.8. The van der Waals surface area contributed by atoms with E-state index in [-0.39, 0.29) is 6.54 Å². The van der Waals surface area contributed by atoms with Crippen LogP contribution in [0.3, 0.4) is 0 Å². The number of aromatic nitrogens is 3. The molecule has 2 N–H and O–H groups in total. The van der Waals surface area contributed by atoms with Crippen molar-refractivity contribution in [2.24, 2.45) is 0 Å². The minimum atomic E-state index is 0.259. The third-order valence-electron chi connectivity index (χ3n) is 3.47. The summed E-state index contributed by atoms with van der Waals surface area (Å²) in [5, 5.41) is 14.9. The molecule has 0 aliphatic heterocycles. The molecular formula is C18H16N6. The highest BCUT2D eigenvalue weighted by atomic mass is 15.1. The Hall–Kier alpha value is -3.46. The predicted octanol–water partition coefficient (Wildman–Crippen LogP) is 3.53. The van der Waals surface area contributed by atoms with Crippen molar-refractivity contribution in [3.8, 4) is 17.3 Å². The van der Waals surface area contributed by atoms with Crippen molar-refractivity contribution in [2.45, 2.75) is 6.92 Å². The predicted molar refractivity (Wildman–Crippen MR) is 93.8 cm³/mol. The second kappa shape index (κ2) is 7.20. The summed E-state index contributed by atoms with van der Waals surface area (Å²) in [6.45, 7) is 2.26. The lowest BCUT2D eigenvalue weighted by atomic mass is 10.2. The van der Waals surface area contributed by atoms with E-state index in [4.69, 9.17) is 5.26 Å². The molecule has 0 saturated heterocycles. The van der Waals surface area contributed by atoms with Crippen LogP contribution in [0.15, 0.2) is 55.0 Å². The van der Waals surface area contributed by atoms with Gasteiger partial charge in [-0.25, -0.2) is 9.97 Å². The van der Waals surface area contributed by atoms with Crippen LogP contribution >= 0.6 is 0 Å². The van der Waals surface area contributed by atoms with Gasteiger partial charge in [0.15, 0.2) is 0 Å². The summed E-state index contributed by atoms with van der Waals surface area (Å²) in [4.78, 5) is 12.9. The van der Waals surface area contributed by atoms with Gasteiger partial charge in [0.25, 0.3) is 0 Å². The second-order valence-electron chi connectivity index (χ2n) is 5.17. The monoisotopic (exact) mass is 316 g/mol. The Labute approximate surface area is 140 Å². The summed E-state index contributed by atoms with van der Waals surface area (Å²) < 4.78 is 0. The Balaban J connectivity index is 1.85. The van der Waals surface area contributed by atoms with Crippen LogP contribution in [0, 0.1) is 18.3 Å². The molecule has 0 bridgehead atoms. The number of aryl methyl sites for hydroxylation is 1. The molecule has 1 aromatic carbocycles. The summed E-state index contributed by atoms with van der Waals surface area (Å²) in [5.74, 6) is 0.511. The van der Waals surface area contributed by atoms with E-state index < -0.39 is 0 Å². The lowest BCUT2D eigenvalue weighted by molar-refractivity contribution is 1.16. The number of nitrogens with zero attached hydrogens (tertiary/aromatic N) is 4. The molecule has 0 fully saturated rings. The van der Waals surface area contributed by atoms with Crippen LogP contribution in [0.2, 0.25) is 0 Å². The second-order valence-corrected chi connectivity index (χ2v) is 5.17. The summed E-state index contributed by atoms with van der Waals surface area (Å²) >= 11 is 0. The lowest BCUT2D eigenvalue weighted by Crippen LogP contribution is -2.02. The quantitative estimate of drug-likeness (QED) is 0.700. The van der Waals surface area contributed by atoms with E-state index in [2.05, 4.69) is 31.7 Å². The fourth-order valence-corrected chi connectivity index (χ4v) is 2.22. The van der Waals surface area contributed by atoms with Crippen LogP contribution < -0.4 is 10.6 Å². The zero-order chi connectivity index (χ0) is 16.8. The van der Waals surface area contributed by atoms with Gasteiger partial charge in [0.05, 0.1) is 11.8 Å². The molecule has 6 heteroatoms. The van der Waals surface area contributed by atoms with Gasteiger partial charge in [0, 0.05) is 35.5 Å². The molecule has 0 atom stereocenters. The highest BCUT2D eigenvalue weighted by Crippen LogP contribution is 2.24. The van der Waals surface area contributed by atoms with Crippen molar-refractivity contribution in [3.63, 3.8) is 0 Å². The van der Waals surface area contributed by atoms with Gasteiger partial charge in [-0.3, -0.25) is 4.98 Å². The van der Waals surface area contributed by atoms with Gasteiger partial charge < -0.3 is 10.6 Å². The number of hydrogen-bond donors (Lipinski definition) is 2. The van der Waals surface area contributed by atoms with Gasteiger partial charge in [0.2, 0.25) is 5.95 Å². The number of rotatable bonds is 5. The first-order valence-corrected chi connectivity index (χ1v) is 7.48. The largest absolute Gasteiger partial charge is 0.372 e. The van der Waals surface area contributed by atoms with Crippen molar-refractivity contribution in [3.05, 3.63) is 60.6 Å². The smallest absolute Gasteiger partial charge is 0.227 e. The molecule has 3 aromatic rings. The standard InChI is InChI=1S/C18H16N6/c1-13-4-5-15(21-10-7-19)11-17(13)24-18-22-9-6-16(23-18)14-3-2-8-20-12-14/h2-6,8-9,11-12,21H,10H2,1H3,(H,22,23,24). The van der Waals surface area contributed by atoms with Crippen molar-refractivity contribution in [1.29, 1.82) is 5.26 Å². The van der Waals surface area contributed by atoms with Gasteiger partial charge in [-0.1, -0.05) is 6.07 Å². The summed E-state index contributed by atoms with van der Waals surface area (Å²) in [5.41, 5.74) is 4.56. The zero-order valence-electron chi connectivity index (χ0n) is 13.2. The van der Waals surface area contributed by atoms with Crippen LogP contribution in [-0.4, -0.2) is 21.5 Å². The molecule has 0 spiro atoms. The maximum atomic E-state index is 8.67. The normalized spacial score (nSPS) is 10.0. The topological polar surface area (TPSA) is 86.5 Å². The number of nitrogens with one attached hydrogen (secondary N) is 2. The highest BCUT2D eigenvalue weighted by Gasteiger charge is 2.05. The molecule has 0 amide bonds. The van der Waals surface area contributed by atoms with Crippen molar-refractivity contribution in [2.75, 3.05) is 17.2 Å². The minimum Gasteiger partial charge on any atom is -0.372 e. The summed E-state index contributed by atoms with van der Waals surface area (Å²) in [6.07, 6.45) is 5.21. The van der Waals surface area contributed by atoms with Gasteiger partial charge in [-0.2, -0.15) is 5.26 Å². The van der Waals surface area contributed by atoms with Crippen molar-refractivity contribution >= 4 is 17.3 Å². The van der Waals surface area contributed by atoms with E-state index in [1.165, 1.54) is 0 Å². The molecule has 0 aliphatic rings. The Morgan fingerprint density at radius 1 is 1.17 bits per heavy atom. The molecular weight excluding hydrogens is 300 g/mol. The lowest BCUT2D eigenvalue weighted by Gasteiger charge is -2.11. The number of hydrogen-bond acceptors (Lipinski definition) is 6. The van der Waals surface area contributed by atoms with Crippen LogP contribution in [-0.2, 0) is 0 Å². The molecule has 0 radical (unpaired) electrons. The van der Waals surface area contributed by atoms with Crippen LogP contribution in [0.5, 0.6) is 0 Å². The number of pyridine rings is 1. The average molecular weight is 316 g/mol. The van der Waals surface area contributed by atoms with Crippen molar-refractivity contribution in [1.82, 2.24) is 15.0 Å². The van der Waals surface area contributed by atoms with Crippen LogP contribution in [0.1, 0.15) is 5.56 Å². The average Bonchev–Trinajstić information content (AvgIpc) is 2.63. The van der Waals surface area contributed by atoms with E-state index >= 15 is 0 Å². The molecule has 2 aromatic heterocycles. The first kappa shape index (κ1) is 15.4. The van der Waals surface area contributed by atoms with Crippen molar-refractivity contribution < 1.29 is 0 Å². The molecule has 118 valence electrons. The number of benzene rings is 1. The van der Waals surface area contributed by atoms with Crippen LogP contribution in [0.25, 0.3) is 11.3 Å². The zero-order valence-corrected chi connectivity index (χ0v) is 13.2. The van der Waals surface area contributed by atoms with E-state index in [0.717, 1.165) is 28.2 Å². The first-order valence-electron chi connectivity index (χ1n) is 7.48. The number of nitriles is 1. The SMILES string of the molecule is Cc1ccc(NCC#N)cc1Nc1nccc(-c2cccnc2)n1. The summed E-state index contributed by atoms with van der Waals surface area (Å²) in [6, 6.07) is 13.6.